The maximum atomic E-state index is 10.8. The Balaban J connectivity index is 2.79. The molecule has 2 unspecified atom stereocenters. The Morgan fingerprint density at radius 3 is 2.25 bits per heavy atom. The summed E-state index contributed by atoms with van der Waals surface area (Å²) in [6.45, 7) is 1.17. The van der Waals surface area contributed by atoms with Gasteiger partial charge in [-0.25, -0.2) is 0 Å². The zero-order valence-electron chi connectivity index (χ0n) is 8.53. The number of nitrogens with one attached hydrogen (secondary N) is 1. The summed E-state index contributed by atoms with van der Waals surface area (Å²) >= 11 is 0. The molecule has 1 aliphatic rings. The van der Waals surface area contributed by atoms with E-state index in [4.69, 9.17) is 10.5 Å². The Morgan fingerprint density at radius 1 is 1.25 bits per heavy atom. The third-order valence-electron chi connectivity index (χ3n) is 2.27. The van der Waals surface area contributed by atoms with Crippen molar-refractivity contribution >= 4 is 11.8 Å². The zero-order chi connectivity index (χ0) is 12.5. The molecule has 1 saturated heterocycles. The molecule has 0 aromatic carbocycles. The second-order valence-electron chi connectivity index (χ2n) is 3.56. The summed E-state index contributed by atoms with van der Waals surface area (Å²) in [5, 5.41) is 30.6. The molecule has 0 aliphatic carbocycles. The number of nitrogens with two attached hydrogens (primary N) is 1. The second kappa shape index (κ2) is 4.74. The molecule has 1 aliphatic heterocycles. The Hall–Kier alpha value is -1.22. The number of aliphatic hydroxyl groups is 3. The first-order chi connectivity index (χ1) is 7.34. The fourth-order valence-corrected chi connectivity index (χ4v) is 1.50. The highest BCUT2D eigenvalue weighted by Crippen LogP contribution is 2.19. The molecular weight excluding hydrogens is 220 g/mol. The maximum absolute atomic E-state index is 10.8. The van der Waals surface area contributed by atoms with E-state index in [9.17, 15) is 24.9 Å². The van der Waals surface area contributed by atoms with E-state index in [0.717, 1.165) is 0 Å². The number of hydrogen-bond donors (Lipinski definition) is 5. The molecule has 8 nitrogen and oxygen atoms in total. The molecule has 2 amide bonds. The van der Waals surface area contributed by atoms with Gasteiger partial charge in [0.25, 0.3) is 0 Å². The van der Waals surface area contributed by atoms with E-state index < -0.39 is 42.5 Å². The lowest BCUT2D eigenvalue weighted by atomic mass is 9.96. The first-order valence-electron chi connectivity index (χ1n) is 4.60. The molecule has 0 radical (unpaired) electrons. The van der Waals surface area contributed by atoms with Crippen LogP contribution in [-0.2, 0) is 14.3 Å². The van der Waals surface area contributed by atoms with Crippen molar-refractivity contribution in [2.24, 2.45) is 5.73 Å². The number of rotatable bonds is 2. The number of amides is 2. The van der Waals surface area contributed by atoms with E-state index in [0.29, 0.717) is 0 Å². The number of hydrogen-bond acceptors (Lipinski definition) is 6. The average molecular weight is 234 g/mol. The quantitative estimate of drug-likeness (QED) is 0.334. The fraction of sp³-hybridized carbons (Fsp3) is 0.750. The lowest BCUT2D eigenvalue weighted by Gasteiger charge is -2.39. The highest BCUT2D eigenvalue weighted by Gasteiger charge is 2.46. The Labute approximate surface area is 91.0 Å². The Morgan fingerprint density at radius 2 is 1.81 bits per heavy atom. The van der Waals surface area contributed by atoms with Gasteiger partial charge in [-0.15, -0.1) is 0 Å². The maximum Gasteiger partial charge on any atom is 0.249 e. The summed E-state index contributed by atoms with van der Waals surface area (Å²) in [6.07, 6.45) is -6.25. The van der Waals surface area contributed by atoms with Crippen LogP contribution < -0.4 is 11.1 Å². The Kier molecular flexibility index (Phi) is 3.81. The van der Waals surface area contributed by atoms with Gasteiger partial charge in [0.15, 0.2) is 12.4 Å². The van der Waals surface area contributed by atoms with E-state index in [2.05, 4.69) is 5.32 Å². The predicted octanol–water partition coefficient (Wildman–Crippen LogP) is -3.58. The number of ether oxygens (including phenoxy) is 1. The highest BCUT2D eigenvalue weighted by molar-refractivity contribution is 5.80. The summed E-state index contributed by atoms with van der Waals surface area (Å²) in [4.78, 5) is 21.6. The number of primary amides is 1. The van der Waals surface area contributed by atoms with Gasteiger partial charge in [-0.2, -0.15) is 0 Å². The van der Waals surface area contributed by atoms with Crippen LogP contribution >= 0.6 is 0 Å². The predicted molar refractivity (Wildman–Crippen MR) is 49.7 cm³/mol. The van der Waals surface area contributed by atoms with E-state index in [1.807, 2.05) is 0 Å². The number of aliphatic hydroxyl groups excluding tert-OH is 3. The monoisotopic (exact) mass is 234 g/mol. The van der Waals surface area contributed by atoms with E-state index in [-0.39, 0.29) is 0 Å². The van der Waals surface area contributed by atoms with Gasteiger partial charge in [0.2, 0.25) is 11.8 Å². The number of carbonyl (C=O) groups is 2. The van der Waals surface area contributed by atoms with Crippen LogP contribution in [0.1, 0.15) is 6.92 Å². The molecule has 6 N–H and O–H groups in total. The van der Waals surface area contributed by atoms with Gasteiger partial charge >= 0.3 is 0 Å². The average Bonchev–Trinajstić information content (AvgIpc) is 2.17. The Bertz CT molecular complexity index is 296. The van der Waals surface area contributed by atoms with Gasteiger partial charge in [0, 0.05) is 6.92 Å². The number of carbonyl (C=O) groups excluding carboxylic acids is 2. The molecule has 0 aromatic rings. The van der Waals surface area contributed by atoms with Gasteiger partial charge < -0.3 is 31.1 Å². The van der Waals surface area contributed by atoms with Gasteiger partial charge in [0.05, 0.1) is 0 Å². The zero-order valence-corrected chi connectivity index (χ0v) is 8.53. The third kappa shape index (κ3) is 2.47. The molecule has 0 saturated carbocycles. The van der Waals surface area contributed by atoms with Crippen molar-refractivity contribution in [3.8, 4) is 0 Å². The van der Waals surface area contributed by atoms with Crippen LogP contribution in [-0.4, -0.2) is 57.8 Å². The van der Waals surface area contributed by atoms with Crippen molar-refractivity contribution in [2.45, 2.75) is 37.6 Å². The van der Waals surface area contributed by atoms with E-state index in [1.54, 1.807) is 0 Å². The van der Waals surface area contributed by atoms with Crippen molar-refractivity contribution in [3.63, 3.8) is 0 Å². The minimum atomic E-state index is -1.61. The lowest BCUT2D eigenvalue weighted by Crippen LogP contribution is -2.65. The first-order valence-corrected chi connectivity index (χ1v) is 4.60. The first kappa shape index (κ1) is 12.8. The molecule has 0 aromatic heterocycles. The lowest BCUT2D eigenvalue weighted by molar-refractivity contribution is -0.242. The molecule has 5 atom stereocenters. The van der Waals surface area contributed by atoms with Crippen LogP contribution in [0.2, 0.25) is 0 Å². The smallest absolute Gasteiger partial charge is 0.249 e. The van der Waals surface area contributed by atoms with Crippen molar-refractivity contribution in [3.05, 3.63) is 0 Å². The minimum absolute atomic E-state index is 0.517. The topological polar surface area (TPSA) is 142 Å². The molecule has 8 heteroatoms. The van der Waals surface area contributed by atoms with Crippen LogP contribution in [0.5, 0.6) is 0 Å². The summed E-state index contributed by atoms with van der Waals surface area (Å²) in [5.74, 6) is -1.52. The van der Waals surface area contributed by atoms with Crippen LogP contribution in [0.4, 0.5) is 0 Å². The van der Waals surface area contributed by atoms with Gasteiger partial charge in [-0.3, -0.25) is 9.59 Å². The molecule has 1 heterocycles. The molecular formula is C8H14N2O6. The highest BCUT2D eigenvalue weighted by atomic mass is 16.6. The van der Waals surface area contributed by atoms with E-state index in [1.165, 1.54) is 6.92 Å². The third-order valence-corrected chi connectivity index (χ3v) is 2.27. The summed E-state index contributed by atoms with van der Waals surface area (Å²) < 4.78 is 4.70. The van der Waals surface area contributed by atoms with Crippen molar-refractivity contribution in [1.29, 1.82) is 0 Å². The van der Waals surface area contributed by atoms with Gasteiger partial charge in [-0.1, -0.05) is 0 Å². The SMILES string of the molecule is CC(=O)NC1[C@@H](O)[C@@H](O)C(C(N)=O)O[C@@H]1O. The summed E-state index contributed by atoms with van der Waals surface area (Å²) in [7, 11) is 0. The molecule has 1 rings (SSSR count). The van der Waals surface area contributed by atoms with Crippen LogP contribution in [0.3, 0.4) is 0 Å². The van der Waals surface area contributed by atoms with Crippen LogP contribution in [0, 0.1) is 0 Å². The standard InChI is InChI=1S/C8H14N2O6/c1-2(11)10-3-4(12)5(13)6(7(9)14)16-8(3)15/h3-6,8,12-13,15H,1H3,(H2,9,14)(H,10,11)/t3?,4-,5-,6?,8+/m1/s1. The van der Waals surface area contributed by atoms with Gasteiger partial charge in [-0.05, 0) is 0 Å². The van der Waals surface area contributed by atoms with Crippen molar-refractivity contribution in [2.75, 3.05) is 0 Å². The molecule has 0 spiro atoms. The van der Waals surface area contributed by atoms with Crippen LogP contribution in [0.25, 0.3) is 0 Å². The largest absolute Gasteiger partial charge is 0.388 e. The normalized spacial score (nSPS) is 39.1. The second-order valence-corrected chi connectivity index (χ2v) is 3.56. The minimum Gasteiger partial charge on any atom is -0.388 e. The molecule has 92 valence electrons. The molecule has 1 fully saturated rings. The van der Waals surface area contributed by atoms with Crippen molar-refractivity contribution in [1.82, 2.24) is 5.32 Å². The van der Waals surface area contributed by atoms with Crippen molar-refractivity contribution < 1.29 is 29.6 Å². The fourth-order valence-electron chi connectivity index (χ4n) is 1.50. The van der Waals surface area contributed by atoms with Crippen LogP contribution in [0.15, 0.2) is 0 Å². The van der Waals surface area contributed by atoms with Gasteiger partial charge in [0.1, 0.15) is 18.2 Å². The summed E-state index contributed by atoms with van der Waals surface area (Å²) in [5.41, 5.74) is 4.90. The molecule has 0 bridgehead atoms. The molecule has 16 heavy (non-hydrogen) atoms. The summed E-state index contributed by atoms with van der Waals surface area (Å²) in [6, 6.07) is -1.21. The van der Waals surface area contributed by atoms with E-state index >= 15 is 0 Å².